The Morgan fingerprint density at radius 3 is 2.72 bits per heavy atom. The van der Waals surface area contributed by atoms with Crippen molar-refractivity contribution >= 4 is 5.91 Å². The lowest BCUT2D eigenvalue weighted by Crippen LogP contribution is -2.57. The molecule has 0 aliphatic carbocycles. The number of amides is 1. The number of likely N-dealkylation sites (tertiary alicyclic amines) is 1. The van der Waals surface area contributed by atoms with Gasteiger partial charge in [0.25, 0.3) is 5.91 Å². The van der Waals surface area contributed by atoms with Crippen molar-refractivity contribution in [2.75, 3.05) is 39.4 Å². The number of morpholine rings is 1. The van der Waals surface area contributed by atoms with Crippen LogP contribution in [0.5, 0.6) is 0 Å². The van der Waals surface area contributed by atoms with Crippen LogP contribution in [0, 0.1) is 0 Å². The van der Waals surface area contributed by atoms with E-state index in [0.717, 1.165) is 65.1 Å². The summed E-state index contributed by atoms with van der Waals surface area (Å²) in [6.07, 6.45) is 3.61. The van der Waals surface area contributed by atoms with E-state index in [4.69, 9.17) is 9.47 Å². The van der Waals surface area contributed by atoms with E-state index in [-0.39, 0.29) is 17.6 Å². The molecule has 1 amide bonds. The average molecular weight is 254 g/mol. The molecule has 3 aliphatic heterocycles. The van der Waals surface area contributed by atoms with Crippen molar-refractivity contribution in [1.82, 2.24) is 10.2 Å². The number of hydrogen-bond acceptors (Lipinski definition) is 4. The van der Waals surface area contributed by atoms with E-state index >= 15 is 0 Å². The van der Waals surface area contributed by atoms with Crippen molar-refractivity contribution in [3.63, 3.8) is 0 Å². The van der Waals surface area contributed by atoms with Crippen molar-refractivity contribution in [2.45, 2.75) is 37.4 Å². The number of ether oxygens (including phenoxy) is 2. The summed E-state index contributed by atoms with van der Waals surface area (Å²) < 4.78 is 11.4. The molecule has 3 heterocycles. The lowest BCUT2D eigenvalue weighted by molar-refractivity contribution is -0.149. The quantitative estimate of drug-likeness (QED) is 0.723. The first-order valence-corrected chi connectivity index (χ1v) is 7.04. The van der Waals surface area contributed by atoms with Gasteiger partial charge in [-0.1, -0.05) is 0 Å². The lowest BCUT2D eigenvalue weighted by atomic mass is 9.90. The van der Waals surface area contributed by atoms with E-state index in [1.54, 1.807) is 0 Å². The third kappa shape index (κ3) is 2.39. The van der Waals surface area contributed by atoms with E-state index in [1.807, 2.05) is 4.90 Å². The molecule has 1 N–H and O–H groups in total. The second-order valence-corrected chi connectivity index (χ2v) is 5.54. The van der Waals surface area contributed by atoms with Crippen LogP contribution in [0.1, 0.15) is 25.7 Å². The zero-order valence-corrected chi connectivity index (χ0v) is 10.8. The molecule has 0 aromatic heterocycles. The van der Waals surface area contributed by atoms with Gasteiger partial charge in [-0.25, -0.2) is 0 Å². The molecule has 3 saturated heterocycles. The fourth-order valence-corrected chi connectivity index (χ4v) is 3.14. The highest BCUT2D eigenvalue weighted by Gasteiger charge is 2.39. The minimum absolute atomic E-state index is 0.0223. The van der Waals surface area contributed by atoms with Crippen LogP contribution in [0.2, 0.25) is 0 Å². The maximum Gasteiger partial charge on any atom is 0.251 e. The highest BCUT2D eigenvalue weighted by Crippen LogP contribution is 2.28. The van der Waals surface area contributed by atoms with Crippen LogP contribution < -0.4 is 5.32 Å². The molecule has 5 nitrogen and oxygen atoms in total. The fourth-order valence-electron chi connectivity index (χ4n) is 3.14. The molecule has 3 rings (SSSR count). The van der Waals surface area contributed by atoms with Crippen molar-refractivity contribution in [2.24, 2.45) is 0 Å². The van der Waals surface area contributed by atoms with Crippen LogP contribution in [0.4, 0.5) is 0 Å². The zero-order valence-electron chi connectivity index (χ0n) is 10.8. The Balaban J connectivity index is 1.54. The van der Waals surface area contributed by atoms with Crippen LogP contribution in [0.15, 0.2) is 0 Å². The molecule has 0 aromatic carbocycles. The molecule has 1 atom stereocenters. The number of piperidine rings is 1. The van der Waals surface area contributed by atoms with Crippen molar-refractivity contribution in [3.8, 4) is 0 Å². The van der Waals surface area contributed by atoms with Crippen LogP contribution in [-0.2, 0) is 14.3 Å². The van der Waals surface area contributed by atoms with Crippen molar-refractivity contribution < 1.29 is 14.3 Å². The van der Waals surface area contributed by atoms with E-state index in [9.17, 15) is 4.79 Å². The normalized spacial score (nSPS) is 31.8. The summed E-state index contributed by atoms with van der Waals surface area (Å²) in [6, 6.07) is 0. The van der Waals surface area contributed by atoms with Crippen LogP contribution in [0.25, 0.3) is 0 Å². The fraction of sp³-hybridized carbons (Fsp3) is 0.923. The molecule has 0 saturated carbocycles. The summed E-state index contributed by atoms with van der Waals surface area (Å²) in [6.45, 7) is 5.01. The van der Waals surface area contributed by atoms with Gasteiger partial charge in [0.2, 0.25) is 0 Å². The van der Waals surface area contributed by atoms with E-state index < -0.39 is 0 Å². The highest BCUT2D eigenvalue weighted by molar-refractivity contribution is 5.81. The van der Waals surface area contributed by atoms with E-state index in [1.165, 1.54) is 0 Å². The lowest BCUT2D eigenvalue weighted by Gasteiger charge is -2.44. The van der Waals surface area contributed by atoms with Gasteiger partial charge in [0.15, 0.2) is 0 Å². The summed E-state index contributed by atoms with van der Waals surface area (Å²) in [5.41, 5.74) is -0.0223. The smallest absolute Gasteiger partial charge is 0.251 e. The first-order valence-electron chi connectivity index (χ1n) is 7.04. The van der Waals surface area contributed by atoms with Crippen LogP contribution in [-0.4, -0.2) is 61.9 Å². The van der Waals surface area contributed by atoms with Crippen molar-refractivity contribution in [1.29, 1.82) is 0 Å². The summed E-state index contributed by atoms with van der Waals surface area (Å²) in [4.78, 5) is 14.2. The van der Waals surface area contributed by atoms with Gasteiger partial charge in [0.05, 0.1) is 12.2 Å². The molecular weight excluding hydrogens is 232 g/mol. The summed E-state index contributed by atoms with van der Waals surface area (Å²) >= 11 is 0. The second-order valence-electron chi connectivity index (χ2n) is 5.54. The first kappa shape index (κ1) is 12.4. The summed E-state index contributed by atoms with van der Waals surface area (Å²) in [7, 11) is 0. The van der Waals surface area contributed by atoms with Gasteiger partial charge >= 0.3 is 0 Å². The monoisotopic (exact) mass is 254 g/mol. The van der Waals surface area contributed by atoms with Gasteiger partial charge in [-0.15, -0.1) is 0 Å². The molecule has 0 unspecified atom stereocenters. The van der Waals surface area contributed by atoms with Crippen LogP contribution in [0.3, 0.4) is 0 Å². The van der Waals surface area contributed by atoms with Gasteiger partial charge < -0.3 is 19.7 Å². The Labute approximate surface area is 108 Å². The Kier molecular flexibility index (Phi) is 3.54. The number of nitrogens with one attached hydrogen (secondary N) is 1. The maximum atomic E-state index is 12.2. The molecule has 0 aromatic rings. The number of nitrogens with zero attached hydrogens (tertiary/aromatic N) is 1. The van der Waals surface area contributed by atoms with Crippen molar-refractivity contribution in [3.05, 3.63) is 0 Å². The second kappa shape index (κ2) is 5.15. The third-order valence-corrected chi connectivity index (χ3v) is 4.33. The Morgan fingerprint density at radius 1 is 1.28 bits per heavy atom. The largest absolute Gasteiger partial charge is 0.372 e. The Hall–Kier alpha value is -0.650. The predicted molar refractivity (Wildman–Crippen MR) is 66.3 cm³/mol. The molecule has 0 radical (unpaired) electrons. The molecular formula is C13H22N2O3. The van der Waals surface area contributed by atoms with Gasteiger partial charge in [0, 0.05) is 32.8 Å². The van der Waals surface area contributed by atoms with Crippen LogP contribution >= 0.6 is 0 Å². The number of hydrogen-bond donors (Lipinski definition) is 1. The minimum Gasteiger partial charge on any atom is -0.372 e. The Bertz CT molecular complexity index is 299. The molecule has 5 heteroatoms. The number of carbonyl (C=O) groups is 1. The van der Waals surface area contributed by atoms with Gasteiger partial charge in [0.1, 0.15) is 6.10 Å². The SMILES string of the molecule is O=C([C@H]1CCCO1)N1CCC2(CC1)CNCCO2. The van der Waals surface area contributed by atoms with E-state index in [0.29, 0.717) is 0 Å². The topological polar surface area (TPSA) is 50.8 Å². The molecule has 3 fully saturated rings. The molecule has 18 heavy (non-hydrogen) atoms. The van der Waals surface area contributed by atoms with E-state index in [2.05, 4.69) is 5.32 Å². The molecule has 102 valence electrons. The molecule has 1 spiro atoms. The highest BCUT2D eigenvalue weighted by atomic mass is 16.5. The standard InChI is InChI=1S/C13H22N2O3/c16-12(11-2-1-8-17-11)15-6-3-13(4-7-15)10-14-5-9-18-13/h11,14H,1-10H2/t11-/m1/s1. The average Bonchev–Trinajstić information content (AvgIpc) is 2.94. The predicted octanol–water partition coefficient (Wildman–Crippen LogP) is 0.146. The third-order valence-electron chi connectivity index (χ3n) is 4.33. The van der Waals surface area contributed by atoms with Gasteiger partial charge in [-0.3, -0.25) is 4.79 Å². The summed E-state index contributed by atoms with van der Waals surface area (Å²) in [5.74, 6) is 0.186. The minimum atomic E-state index is -0.176. The first-order chi connectivity index (χ1) is 8.79. The number of carbonyl (C=O) groups excluding carboxylic acids is 1. The molecule has 0 bridgehead atoms. The maximum absolute atomic E-state index is 12.2. The summed E-state index contributed by atoms with van der Waals surface area (Å²) in [5, 5.41) is 3.39. The van der Waals surface area contributed by atoms with Gasteiger partial charge in [-0.2, -0.15) is 0 Å². The van der Waals surface area contributed by atoms with Gasteiger partial charge in [-0.05, 0) is 25.7 Å². The Morgan fingerprint density at radius 2 is 2.11 bits per heavy atom. The zero-order chi connectivity index (χ0) is 12.4. The number of rotatable bonds is 1. The molecule has 3 aliphatic rings.